The van der Waals surface area contributed by atoms with Gasteiger partial charge in [-0.05, 0) is 5.56 Å². The highest BCUT2D eigenvalue weighted by Gasteiger charge is 2.21. The Hall–Kier alpha value is -2.92. The number of hydrogen-bond acceptors (Lipinski definition) is 3. The zero-order valence-corrected chi connectivity index (χ0v) is 16.1. The van der Waals surface area contributed by atoms with Gasteiger partial charge in [0.05, 0.1) is 0 Å². The van der Waals surface area contributed by atoms with Gasteiger partial charge in [0.25, 0.3) is 0 Å². The molecule has 0 radical (unpaired) electrons. The predicted molar refractivity (Wildman–Crippen MR) is 111 cm³/mol. The van der Waals surface area contributed by atoms with E-state index in [0.29, 0.717) is 13.0 Å². The van der Waals surface area contributed by atoms with Crippen LogP contribution in [0.3, 0.4) is 0 Å². The van der Waals surface area contributed by atoms with E-state index in [4.69, 9.17) is 0 Å². The Bertz CT molecular complexity index is 883. The van der Waals surface area contributed by atoms with Crippen LogP contribution in [0.15, 0.2) is 73.1 Å². The number of amides is 1. The number of imidazole rings is 1. The van der Waals surface area contributed by atoms with Crippen molar-refractivity contribution < 1.29 is 4.79 Å². The SMILES string of the molecule is O=C(CCn1ccnc1-c1ccccc1)N1CCN(Cc2ccccc2)CC1. The molecule has 1 saturated heterocycles. The van der Waals surface area contributed by atoms with Crippen LogP contribution in [-0.2, 0) is 17.9 Å². The van der Waals surface area contributed by atoms with E-state index in [1.807, 2.05) is 47.5 Å². The highest BCUT2D eigenvalue weighted by Crippen LogP contribution is 2.17. The van der Waals surface area contributed by atoms with Crippen molar-refractivity contribution in [2.75, 3.05) is 26.2 Å². The normalized spacial score (nSPS) is 14.9. The molecule has 4 rings (SSSR count). The van der Waals surface area contributed by atoms with E-state index in [9.17, 15) is 4.79 Å². The van der Waals surface area contributed by atoms with E-state index in [1.165, 1.54) is 5.56 Å². The maximum atomic E-state index is 12.7. The average Bonchev–Trinajstić information content (AvgIpc) is 3.23. The van der Waals surface area contributed by atoms with E-state index < -0.39 is 0 Å². The first-order valence-corrected chi connectivity index (χ1v) is 9.90. The minimum Gasteiger partial charge on any atom is -0.340 e. The monoisotopic (exact) mass is 374 g/mol. The molecule has 144 valence electrons. The molecular formula is C23H26N4O. The van der Waals surface area contributed by atoms with E-state index in [-0.39, 0.29) is 5.91 Å². The molecule has 1 aliphatic rings. The predicted octanol–water partition coefficient (Wildman–Crippen LogP) is 3.28. The standard InChI is InChI=1S/C23H26N4O/c28-22(11-13-27-14-12-24-23(27)21-9-5-2-6-10-21)26-17-15-25(16-18-26)19-20-7-3-1-4-8-20/h1-10,12,14H,11,13,15-19H2. The van der Waals surface area contributed by atoms with Crippen LogP contribution < -0.4 is 0 Å². The molecule has 1 aliphatic heterocycles. The third kappa shape index (κ3) is 4.49. The number of carbonyl (C=O) groups is 1. The Morgan fingerprint density at radius 1 is 0.893 bits per heavy atom. The fraction of sp³-hybridized carbons (Fsp3) is 0.304. The van der Waals surface area contributed by atoms with Gasteiger partial charge in [-0.3, -0.25) is 9.69 Å². The zero-order valence-electron chi connectivity index (χ0n) is 16.1. The highest BCUT2D eigenvalue weighted by molar-refractivity contribution is 5.76. The van der Waals surface area contributed by atoms with Crippen LogP contribution in [0.25, 0.3) is 11.4 Å². The quantitative estimate of drug-likeness (QED) is 0.665. The zero-order chi connectivity index (χ0) is 19.2. The van der Waals surface area contributed by atoms with Crippen LogP contribution in [0.5, 0.6) is 0 Å². The van der Waals surface area contributed by atoms with Crippen LogP contribution in [0, 0.1) is 0 Å². The minimum atomic E-state index is 0.229. The summed E-state index contributed by atoms with van der Waals surface area (Å²) >= 11 is 0. The molecule has 0 aliphatic carbocycles. The Morgan fingerprint density at radius 3 is 2.29 bits per heavy atom. The highest BCUT2D eigenvalue weighted by atomic mass is 16.2. The van der Waals surface area contributed by atoms with Crippen molar-refractivity contribution in [3.05, 3.63) is 78.6 Å². The summed E-state index contributed by atoms with van der Waals surface area (Å²) in [4.78, 5) is 21.6. The molecule has 5 heteroatoms. The van der Waals surface area contributed by atoms with E-state index in [0.717, 1.165) is 44.1 Å². The van der Waals surface area contributed by atoms with Gasteiger partial charge in [0, 0.05) is 63.6 Å². The Labute approximate surface area is 166 Å². The molecule has 1 aromatic heterocycles. The van der Waals surface area contributed by atoms with Crippen LogP contribution in [0.1, 0.15) is 12.0 Å². The van der Waals surface area contributed by atoms with Crippen LogP contribution in [-0.4, -0.2) is 51.4 Å². The number of rotatable bonds is 6. The fourth-order valence-electron chi connectivity index (χ4n) is 3.71. The third-order valence-corrected chi connectivity index (χ3v) is 5.29. The van der Waals surface area contributed by atoms with E-state index in [1.54, 1.807) is 6.20 Å². The summed E-state index contributed by atoms with van der Waals surface area (Å²) in [6, 6.07) is 20.6. The molecule has 28 heavy (non-hydrogen) atoms. The lowest BCUT2D eigenvalue weighted by molar-refractivity contribution is -0.133. The van der Waals surface area contributed by atoms with Crippen molar-refractivity contribution in [3.8, 4) is 11.4 Å². The average molecular weight is 374 g/mol. The second-order valence-corrected chi connectivity index (χ2v) is 7.20. The topological polar surface area (TPSA) is 41.4 Å². The van der Waals surface area contributed by atoms with E-state index in [2.05, 4.69) is 38.7 Å². The maximum Gasteiger partial charge on any atom is 0.224 e. The van der Waals surface area contributed by atoms with Crippen molar-refractivity contribution in [2.24, 2.45) is 0 Å². The minimum absolute atomic E-state index is 0.229. The number of aryl methyl sites for hydroxylation is 1. The molecule has 0 spiro atoms. The number of carbonyl (C=O) groups excluding carboxylic acids is 1. The van der Waals surface area contributed by atoms with Gasteiger partial charge in [0.1, 0.15) is 5.82 Å². The number of piperazine rings is 1. The lowest BCUT2D eigenvalue weighted by atomic mass is 10.2. The van der Waals surface area contributed by atoms with Gasteiger partial charge in [0.15, 0.2) is 0 Å². The van der Waals surface area contributed by atoms with Crippen molar-refractivity contribution >= 4 is 5.91 Å². The van der Waals surface area contributed by atoms with Gasteiger partial charge in [-0.25, -0.2) is 4.98 Å². The van der Waals surface area contributed by atoms with Crippen molar-refractivity contribution in [1.29, 1.82) is 0 Å². The molecule has 0 atom stereocenters. The third-order valence-electron chi connectivity index (χ3n) is 5.29. The van der Waals surface area contributed by atoms with Crippen LogP contribution in [0.4, 0.5) is 0 Å². The van der Waals surface area contributed by atoms with Crippen LogP contribution >= 0.6 is 0 Å². The lowest BCUT2D eigenvalue weighted by Crippen LogP contribution is -2.48. The van der Waals surface area contributed by atoms with Crippen molar-refractivity contribution in [1.82, 2.24) is 19.4 Å². The first-order valence-electron chi connectivity index (χ1n) is 9.90. The Balaban J connectivity index is 1.27. The molecule has 1 amide bonds. The first-order chi connectivity index (χ1) is 13.8. The molecule has 5 nitrogen and oxygen atoms in total. The van der Waals surface area contributed by atoms with Gasteiger partial charge in [-0.15, -0.1) is 0 Å². The summed E-state index contributed by atoms with van der Waals surface area (Å²) < 4.78 is 2.07. The van der Waals surface area contributed by atoms with Gasteiger partial charge < -0.3 is 9.47 Å². The van der Waals surface area contributed by atoms with E-state index >= 15 is 0 Å². The van der Waals surface area contributed by atoms with Gasteiger partial charge in [0.2, 0.25) is 5.91 Å². The number of aromatic nitrogens is 2. The molecule has 2 aromatic carbocycles. The number of nitrogens with zero attached hydrogens (tertiary/aromatic N) is 4. The Morgan fingerprint density at radius 2 is 1.57 bits per heavy atom. The summed E-state index contributed by atoms with van der Waals surface area (Å²) in [6.45, 7) is 5.09. The van der Waals surface area contributed by atoms with Crippen molar-refractivity contribution in [3.63, 3.8) is 0 Å². The molecular weight excluding hydrogens is 348 g/mol. The van der Waals surface area contributed by atoms with Gasteiger partial charge >= 0.3 is 0 Å². The second kappa shape index (κ2) is 8.85. The molecule has 0 bridgehead atoms. The maximum absolute atomic E-state index is 12.7. The molecule has 3 aromatic rings. The summed E-state index contributed by atoms with van der Waals surface area (Å²) in [7, 11) is 0. The number of benzene rings is 2. The first kappa shape index (κ1) is 18.4. The summed E-state index contributed by atoms with van der Waals surface area (Å²) in [6.07, 6.45) is 4.26. The smallest absolute Gasteiger partial charge is 0.224 e. The van der Waals surface area contributed by atoms with Crippen molar-refractivity contribution in [2.45, 2.75) is 19.5 Å². The Kier molecular flexibility index (Phi) is 5.83. The lowest BCUT2D eigenvalue weighted by Gasteiger charge is -2.34. The molecule has 0 saturated carbocycles. The summed E-state index contributed by atoms with van der Waals surface area (Å²) in [5.41, 5.74) is 2.41. The largest absolute Gasteiger partial charge is 0.340 e. The molecule has 0 N–H and O–H groups in total. The molecule has 1 fully saturated rings. The van der Waals surface area contributed by atoms with Gasteiger partial charge in [-0.2, -0.15) is 0 Å². The second-order valence-electron chi connectivity index (χ2n) is 7.20. The number of hydrogen-bond donors (Lipinski definition) is 0. The van der Waals surface area contributed by atoms with Crippen LogP contribution in [0.2, 0.25) is 0 Å². The molecule has 0 unspecified atom stereocenters. The molecule has 2 heterocycles. The summed E-state index contributed by atoms with van der Waals surface area (Å²) in [5, 5.41) is 0. The van der Waals surface area contributed by atoms with Gasteiger partial charge in [-0.1, -0.05) is 60.7 Å². The summed E-state index contributed by atoms with van der Waals surface area (Å²) in [5.74, 6) is 1.15. The fourth-order valence-corrected chi connectivity index (χ4v) is 3.71.